The summed E-state index contributed by atoms with van der Waals surface area (Å²) in [5.41, 5.74) is 6.81. The van der Waals surface area contributed by atoms with Crippen LogP contribution in [-0.4, -0.2) is 4.98 Å². The van der Waals surface area contributed by atoms with E-state index in [1.54, 1.807) is 6.20 Å². The minimum absolute atomic E-state index is 0.544. The van der Waals surface area contributed by atoms with Gasteiger partial charge in [0.2, 0.25) is 0 Å². The summed E-state index contributed by atoms with van der Waals surface area (Å²) in [6.45, 7) is 0.544. The van der Waals surface area contributed by atoms with E-state index in [-0.39, 0.29) is 0 Å². The zero-order valence-corrected chi connectivity index (χ0v) is 8.58. The SMILES string of the molecule is NCc1c(Br)ccc2cnccc12. The van der Waals surface area contributed by atoms with Crippen molar-refractivity contribution < 1.29 is 0 Å². The molecule has 2 rings (SSSR count). The highest BCUT2D eigenvalue weighted by molar-refractivity contribution is 9.10. The maximum atomic E-state index is 5.67. The number of pyridine rings is 1. The molecule has 0 radical (unpaired) electrons. The summed E-state index contributed by atoms with van der Waals surface area (Å²) in [4.78, 5) is 4.06. The number of hydrogen-bond acceptors (Lipinski definition) is 2. The lowest BCUT2D eigenvalue weighted by atomic mass is 10.1. The van der Waals surface area contributed by atoms with Crippen LogP contribution in [0.2, 0.25) is 0 Å². The molecular formula is C10H9BrN2. The third-order valence-electron chi connectivity index (χ3n) is 2.08. The van der Waals surface area contributed by atoms with Gasteiger partial charge < -0.3 is 5.73 Å². The lowest BCUT2D eigenvalue weighted by Crippen LogP contribution is -1.98. The van der Waals surface area contributed by atoms with Crippen LogP contribution in [0.3, 0.4) is 0 Å². The van der Waals surface area contributed by atoms with E-state index >= 15 is 0 Å². The molecule has 0 aliphatic rings. The monoisotopic (exact) mass is 236 g/mol. The zero-order chi connectivity index (χ0) is 9.26. The molecule has 13 heavy (non-hydrogen) atoms. The highest BCUT2D eigenvalue weighted by Crippen LogP contribution is 2.25. The Balaban J connectivity index is 2.84. The van der Waals surface area contributed by atoms with Crippen molar-refractivity contribution in [2.75, 3.05) is 0 Å². The lowest BCUT2D eigenvalue weighted by Gasteiger charge is -2.05. The van der Waals surface area contributed by atoms with E-state index in [0.29, 0.717) is 6.54 Å². The quantitative estimate of drug-likeness (QED) is 0.827. The van der Waals surface area contributed by atoms with Crippen LogP contribution in [0, 0.1) is 0 Å². The van der Waals surface area contributed by atoms with Gasteiger partial charge in [-0.2, -0.15) is 0 Å². The maximum absolute atomic E-state index is 5.67. The topological polar surface area (TPSA) is 38.9 Å². The van der Waals surface area contributed by atoms with Crippen LogP contribution in [0.1, 0.15) is 5.56 Å². The number of rotatable bonds is 1. The largest absolute Gasteiger partial charge is 0.326 e. The Labute approximate surface area is 84.9 Å². The van der Waals surface area contributed by atoms with Crippen molar-refractivity contribution in [3.05, 3.63) is 40.6 Å². The van der Waals surface area contributed by atoms with Crippen LogP contribution in [0.15, 0.2) is 35.1 Å². The second kappa shape index (κ2) is 3.44. The smallest absolute Gasteiger partial charge is 0.0346 e. The Bertz CT molecular complexity index is 440. The molecule has 2 nitrogen and oxygen atoms in total. The van der Waals surface area contributed by atoms with Gasteiger partial charge in [-0.3, -0.25) is 4.98 Å². The number of halogens is 1. The highest BCUT2D eigenvalue weighted by Gasteiger charge is 2.02. The van der Waals surface area contributed by atoms with Gasteiger partial charge in [0, 0.05) is 28.8 Å². The molecule has 1 aromatic carbocycles. The summed E-state index contributed by atoms with van der Waals surface area (Å²) in [6.07, 6.45) is 3.63. The number of nitrogens with two attached hydrogens (primary N) is 1. The number of benzene rings is 1. The average molecular weight is 237 g/mol. The number of hydrogen-bond donors (Lipinski definition) is 1. The third kappa shape index (κ3) is 1.45. The van der Waals surface area contributed by atoms with Crippen LogP contribution < -0.4 is 5.73 Å². The van der Waals surface area contributed by atoms with Crippen molar-refractivity contribution in [2.45, 2.75) is 6.54 Å². The summed E-state index contributed by atoms with van der Waals surface area (Å²) in [6, 6.07) is 6.03. The third-order valence-corrected chi connectivity index (χ3v) is 2.82. The van der Waals surface area contributed by atoms with Crippen molar-refractivity contribution in [3.63, 3.8) is 0 Å². The predicted octanol–water partition coefficient (Wildman–Crippen LogP) is 2.46. The first-order valence-corrected chi connectivity index (χ1v) is 4.83. The molecule has 66 valence electrons. The molecule has 0 bridgehead atoms. The first-order chi connectivity index (χ1) is 6.33. The minimum Gasteiger partial charge on any atom is -0.326 e. The van der Waals surface area contributed by atoms with Gasteiger partial charge in [-0.05, 0) is 23.1 Å². The van der Waals surface area contributed by atoms with Gasteiger partial charge in [-0.15, -0.1) is 0 Å². The van der Waals surface area contributed by atoms with Gasteiger partial charge in [0.15, 0.2) is 0 Å². The van der Waals surface area contributed by atoms with E-state index in [2.05, 4.69) is 20.9 Å². The van der Waals surface area contributed by atoms with Gasteiger partial charge in [0.05, 0.1) is 0 Å². The van der Waals surface area contributed by atoms with Crippen LogP contribution >= 0.6 is 15.9 Å². The molecule has 0 fully saturated rings. The van der Waals surface area contributed by atoms with Gasteiger partial charge >= 0.3 is 0 Å². The number of fused-ring (bicyclic) bond motifs is 1. The molecule has 1 heterocycles. The maximum Gasteiger partial charge on any atom is 0.0346 e. The second-order valence-electron chi connectivity index (χ2n) is 2.83. The molecule has 2 aromatic rings. The van der Waals surface area contributed by atoms with E-state index in [0.717, 1.165) is 15.4 Å². The van der Waals surface area contributed by atoms with E-state index in [4.69, 9.17) is 5.73 Å². The molecule has 0 aliphatic heterocycles. The Hall–Kier alpha value is -0.930. The standard InChI is InChI=1S/C10H9BrN2/c11-10-2-1-7-6-13-4-3-8(7)9(10)5-12/h1-4,6H,5,12H2. The second-order valence-corrected chi connectivity index (χ2v) is 3.68. The molecule has 2 N–H and O–H groups in total. The van der Waals surface area contributed by atoms with Gasteiger partial charge in [-0.25, -0.2) is 0 Å². The van der Waals surface area contributed by atoms with Crippen molar-refractivity contribution in [3.8, 4) is 0 Å². The number of aromatic nitrogens is 1. The predicted molar refractivity (Wildman–Crippen MR) is 57.3 cm³/mol. The number of nitrogens with zero attached hydrogens (tertiary/aromatic N) is 1. The fourth-order valence-corrected chi connectivity index (χ4v) is 1.92. The molecule has 0 unspecified atom stereocenters. The lowest BCUT2D eigenvalue weighted by molar-refractivity contribution is 1.08. The van der Waals surface area contributed by atoms with E-state index in [1.807, 2.05) is 24.4 Å². The normalized spacial score (nSPS) is 10.6. The first-order valence-electron chi connectivity index (χ1n) is 4.04. The summed E-state index contributed by atoms with van der Waals surface area (Å²) in [5, 5.41) is 2.30. The van der Waals surface area contributed by atoms with Crippen LogP contribution in [-0.2, 0) is 6.54 Å². The van der Waals surface area contributed by atoms with Crippen molar-refractivity contribution in [1.29, 1.82) is 0 Å². The molecule has 3 heteroatoms. The highest BCUT2D eigenvalue weighted by atomic mass is 79.9. The molecule has 0 saturated heterocycles. The van der Waals surface area contributed by atoms with E-state index in [1.165, 1.54) is 5.39 Å². The molecule has 0 amide bonds. The summed E-state index contributed by atoms with van der Waals surface area (Å²) in [7, 11) is 0. The molecule has 0 spiro atoms. The Morgan fingerprint density at radius 2 is 2.15 bits per heavy atom. The molecule has 0 saturated carbocycles. The summed E-state index contributed by atoms with van der Waals surface area (Å²) < 4.78 is 1.06. The van der Waals surface area contributed by atoms with Crippen LogP contribution in [0.4, 0.5) is 0 Å². The fourth-order valence-electron chi connectivity index (χ4n) is 1.41. The molecular weight excluding hydrogens is 228 g/mol. The van der Waals surface area contributed by atoms with Gasteiger partial charge in [0.25, 0.3) is 0 Å². The zero-order valence-electron chi connectivity index (χ0n) is 7.00. The van der Waals surface area contributed by atoms with Crippen molar-refractivity contribution in [2.24, 2.45) is 5.73 Å². The van der Waals surface area contributed by atoms with E-state index in [9.17, 15) is 0 Å². The average Bonchev–Trinajstić information content (AvgIpc) is 2.18. The van der Waals surface area contributed by atoms with Crippen molar-refractivity contribution in [1.82, 2.24) is 4.98 Å². The summed E-state index contributed by atoms with van der Waals surface area (Å²) >= 11 is 3.48. The Morgan fingerprint density at radius 1 is 1.31 bits per heavy atom. The van der Waals surface area contributed by atoms with Crippen LogP contribution in [0.5, 0.6) is 0 Å². The van der Waals surface area contributed by atoms with Crippen molar-refractivity contribution >= 4 is 26.7 Å². The summed E-state index contributed by atoms with van der Waals surface area (Å²) in [5.74, 6) is 0. The Kier molecular flexibility index (Phi) is 2.29. The van der Waals surface area contributed by atoms with Crippen LogP contribution in [0.25, 0.3) is 10.8 Å². The van der Waals surface area contributed by atoms with E-state index < -0.39 is 0 Å². The van der Waals surface area contributed by atoms with Gasteiger partial charge in [0.1, 0.15) is 0 Å². The molecule has 0 atom stereocenters. The minimum atomic E-state index is 0.544. The van der Waals surface area contributed by atoms with Gasteiger partial charge in [-0.1, -0.05) is 22.0 Å². The molecule has 1 aromatic heterocycles. The fraction of sp³-hybridized carbons (Fsp3) is 0.100. The first kappa shape index (κ1) is 8.66. The Morgan fingerprint density at radius 3 is 2.92 bits per heavy atom. The molecule has 0 aliphatic carbocycles.